The Morgan fingerprint density at radius 3 is 2.53 bits per heavy atom. The lowest BCUT2D eigenvalue weighted by Crippen LogP contribution is -2.40. The van der Waals surface area contributed by atoms with Crippen molar-refractivity contribution in [3.05, 3.63) is 106 Å². The summed E-state index contributed by atoms with van der Waals surface area (Å²) in [6.07, 6.45) is 3.20. The zero-order chi connectivity index (χ0) is 26.9. The van der Waals surface area contributed by atoms with Crippen LogP contribution in [0.1, 0.15) is 23.9 Å². The number of para-hydroxylation sites is 1. The van der Waals surface area contributed by atoms with Crippen LogP contribution in [0.25, 0.3) is 5.69 Å². The van der Waals surface area contributed by atoms with Gasteiger partial charge >= 0.3 is 11.4 Å². The van der Waals surface area contributed by atoms with Gasteiger partial charge in [0.15, 0.2) is 23.1 Å². The Labute approximate surface area is 234 Å². The first kappa shape index (κ1) is 24.7. The molecular weight excluding hydrogens is 625 g/mol. The van der Waals surface area contributed by atoms with Crippen molar-refractivity contribution in [2.45, 2.75) is 24.9 Å². The van der Waals surface area contributed by atoms with E-state index >= 15 is 0 Å². The maximum absolute atomic E-state index is 13.7. The summed E-state index contributed by atoms with van der Waals surface area (Å²) in [7, 11) is 1.38. The molecule has 2 aliphatic carbocycles. The van der Waals surface area contributed by atoms with Gasteiger partial charge in [-0.3, -0.25) is 9.59 Å². The topological polar surface area (TPSA) is 113 Å². The second kappa shape index (κ2) is 8.98. The van der Waals surface area contributed by atoms with Crippen molar-refractivity contribution >= 4 is 45.8 Å². The molecule has 0 spiro atoms. The molecule has 11 heteroatoms. The van der Waals surface area contributed by atoms with E-state index in [2.05, 4.69) is 0 Å². The number of hydrogen-bond acceptors (Lipinski definition) is 6. The van der Waals surface area contributed by atoms with E-state index in [0.29, 0.717) is 22.4 Å². The van der Waals surface area contributed by atoms with E-state index in [-0.39, 0.29) is 50.2 Å². The fourth-order valence-electron chi connectivity index (χ4n) is 5.56. The first-order valence-electron chi connectivity index (χ1n) is 11.7. The summed E-state index contributed by atoms with van der Waals surface area (Å²) in [5, 5.41) is 10.3. The molecule has 192 valence electrons. The molecule has 2 aromatic carbocycles. The number of methoxy groups -OCH3 is 1. The Kier molecular flexibility index (Phi) is 5.84. The van der Waals surface area contributed by atoms with Gasteiger partial charge in [-0.25, -0.2) is 23.5 Å². The number of Topliss-reactive ketones (excluding diaryl/α,β-unsaturated/α-hetero) is 1. The minimum Gasteiger partial charge on any atom is -0.503 e. The average Bonchev–Trinajstić information content (AvgIpc) is 3.17. The van der Waals surface area contributed by atoms with Crippen molar-refractivity contribution in [3.8, 4) is 17.2 Å². The number of aromatic hydroxyl groups is 1. The van der Waals surface area contributed by atoms with Crippen LogP contribution in [0.3, 0.4) is 0 Å². The van der Waals surface area contributed by atoms with E-state index in [1.165, 1.54) is 28.6 Å². The molecule has 3 aromatic rings. The van der Waals surface area contributed by atoms with Crippen LogP contribution < -0.4 is 16.1 Å². The van der Waals surface area contributed by atoms with Gasteiger partial charge in [0.25, 0.3) is 0 Å². The lowest BCUT2D eigenvalue weighted by atomic mass is 9.69. The Morgan fingerprint density at radius 1 is 1.08 bits per heavy atom. The first-order chi connectivity index (χ1) is 18.2. The van der Waals surface area contributed by atoms with E-state index in [9.17, 15) is 24.3 Å². The predicted octanol–water partition coefficient (Wildman–Crippen LogP) is 3.60. The minimum absolute atomic E-state index is 0.0177. The van der Waals surface area contributed by atoms with Crippen molar-refractivity contribution in [3.63, 3.8) is 0 Å². The molecule has 38 heavy (non-hydrogen) atoms. The summed E-state index contributed by atoms with van der Waals surface area (Å²) in [6.45, 7) is 0.0941. The molecular formula is C27H19ClIN3O6. The Morgan fingerprint density at radius 2 is 1.82 bits per heavy atom. The number of phenols is 1. The minimum atomic E-state index is -0.749. The number of rotatable bonds is 3. The summed E-state index contributed by atoms with van der Waals surface area (Å²) >= 11 is 8.18. The second-order valence-corrected chi connectivity index (χ2v) is 10.7. The third kappa shape index (κ3) is 3.50. The van der Waals surface area contributed by atoms with Crippen LogP contribution in [0.15, 0.2) is 84.5 Å². The fraction of sp³-hybridized carbons (Fsp3) is 0.185. The summed E-state index contributed by atoms with van der Waals surface area (Å²) < 4.78 is 9.42. The molecule has 0 saturated heterocycles. The smallest absolute Gasteiger partial charge is 0.352 e. The zero-order valence-corrected chi connectivity index (χ0v) is 22.8. The van der Waals surface area contributed by atoms with Crippen LogP contribution in [0.4, 0.5) is 0 Å². The van der Waals surface area contributed by atoms with E-state index in [1.54, 1.807) is 36.4 Å². The van der Waals surface area contributed by atoms with Crippen molar-refractivity contribution in [1.29, 1.82) is 0 Å². The summed E-state index contributed by atoms with van der Waals surface area (Å²) in [5.41, 5.74) is 1.19. The number of nitrogens with zero attached hydrogens (tertiary/aromatic N) is 3. The van der Waals surface area contributed by atoms with Crippen LogP contribution in [-0.2, 0) is 16.1 Å². The van der Waals surface area contributed by atoms with E-state index in [0.717, 1.165) is 4.57 Å². The van der Waals surface area contributed by atoms with Crippen LogP contribution >= 0.6 is 34.2 Å². The molecule has 0 fully saturated rings. The predicted molar refractivity (Wildman–Crippen MR) is 148 cm³/mol. The number of halogens is 2. The molecule has 6 rings (SSSR count). The molecule has 3 aliphatic rings. The molecule has 2 heterocycles. The lowest BCUT2D eigenvalue weighted by Gasteiger charge is -2.39. The molecule has 9 nitrogen and oxygen atoms in total. The molecule has 0 saturated carbocycles. The van der Waals surface area contributed by atoms with Gasteiger partial charge < -0.3 is 9.84 Å². The van der Waals surface area contributed by atoms with Crippen LogP contribution in [0.5, 0.6) is 11.5 Å². The number of allylic oxidation sites excluding steroid dienone is 6. The van der Waals surface area contributed by atoms with Gasteiger partial charge in [0.05, 0.1) is 34.0 Å². The number of ether oxygens (including phenoxy) is 1. The number of carbonyl (C=O) groups excluding carboxylic acids is 2. The Balaban J connectivity index is 1.61. The first-order valence-corrected chi connectivity index (χ1v) is 13.1. The maximum Gasteiger partial charge on any atom is 0.352 e. The molecule has 1 aliphatic heterocycles. The highest BCUT2D eigenvalue weighted by Gasteiger charge is 2.45. The van der Waals surface area contributed by atoms with Crippen molar-refractivity contribution in [2.75, 3.05) is 7.11 Å². The standard InChI is InChI=1S/C27H19ClIN3O6/c1-38-21-10-13(9-17(28)24(21)34)22-15-7-8-30-26(36)31(14-5-3-2-4-6-14)27(37)32(30)19(15)11-16-20(33)12-18(29)25(35)23(16)22/h2-7,9-10,12,19,22,34H,8,11H2,1H3. The Bertz CT molecular complexity index is 1780. The SMILES string of the molecule is COc1cc(C2C3=CCn4c(=O)n(-c5ccccc5)c(=O)n4C3CC3=C2C(=O)C(I)=CC3=O)cc(Cl)c1O. The van der Waals surface area contributed by atoms with Crippen molar-refractivity contribution in [2.24, 2.45) is 0 Å². The quantitative estimate of drug-likeness (QED) is 0.265. The molecule has 1 N–H and O–H groups in total. The van der Waals surface area contributed by atoms with Gasteiger partial charge in [0, 0.05) is 29.6 Å². The number of aromatic nitrogens is 3. The monoisotopic (exact) mass is 643 g/mol. The van der Waals surface area contributed by atoms with Crippen molar-refractivity contribution in [1.82, 2.24) is 13.9 Å². The van der Waals surface area contributed by atoms with Gasteiger partial charge in [-0.2, -0.15) is 0 Å². The van der Waals surface area contributed by atoms with E-state index in [4.69, 9.17) is 16.3 Å². The van der Waals surface area contributed by atoms with Gasteiger partial charge in [0.1, 0.15) is 0 Å². The Hall–Kier alpha value is -3.64. The summed E-state index contributed by atoms with van der Waals surface area (Å²) in [5.74, 6) is -1.49. The number of hydrogen-bond donors (Lipinski definition) is 1. The van der Waals surface area contributed by atoms with Crippen LogP contribution in [0, 0.1) is 0 Å². The summed E-state index contributed by atoms with van der Waals surface area (Å²) in [6, 6.07) is 11.0. The molecule has 0 bridgehead atoms. The number of carbonyl (C=O) groups is 2. The van der Waals surface area contributed by atoms with Crippen LogP contribution in [0.2, 0.25) is 5.02 Å². The molecule has 0 radical (unpaired) electrons. The molecule has 2 unspecified atom stereocenters. The van der Waals surface area contributed by atoms with Gasteiger partial charge in [-0.1, -0.05) is 35.9 Å². The van der Waals surface area contributed by atoms with Crippen LogP contribution in [-0.4, -0.2) is 37.7 Å². The highest BCUT2D eigenvalue weighted by molar-refractivity contribution is 14.1. The van der Waals surface area contributed by atoms with Crippen molar-refractivity contribution < 1.29 is 19.4 Å². The highest BCUT2D eigenvalue weighted by atomic mass is 127. The zero-order valence-electron chi connectivity index (χ0n) is 19.9. The van der Waals surface area contributed by atoms with Gasteiger partial charge in [0.2, 0.25) is 0 Å². The molecule has 1 aromatic heterocycles. The molecule has 2 atom stereocenters. The second-order valence-electron chi connectivity index (χ2n) is 9.15. The van der Waals surface area contributed by atoms with E-state index < -0.39 is 23.3 Å². The molecule has 0 amide bonds. The number of fused-ring (bicyclic) bond motifs is 3. The van der Waals surface area contributed by atoms with E-state index in [1.807, 2.05) is 28.7 Å². The lowest BCUT2D eigenvalue weighted by molar-refractivity contribution is -0.115. The van der Waals surface area contributed by atoms with Gasteiger partial charge in [-0.05, 0) is 58.0 Å². The largest absolute Gasteiger partial charge is 0.503 e. The number of phenolic OH excluding ortho intramolecular Hbond substituents is 1. The highest BCUT2D eigenvalue weighted by Crippen LogP contribution is 2.51. The third-order valence-electron chi connectivity index (χ3n) is 7.22. The third-order valence-corrected chi connectivity index (χ3v) is 8.31. The summed E-state index contributed by atoms with van der Waals surface area (Å²) in [4.78, 5) is 53.7. The van der Waals surface area contributed by atoms with Gasteiger partial charge in [-0.15, -0.1) is 0 Å². The number of benzene rings is 2. The maximum atomic E-state index is 13.7. The average molecular weight is 644 g/mol. The number of ketones is 2. The fourth-order valence-corrected chi connectivity index (χ4v) is 6.35. The normalized spacial score (nSPS) is 20.4.